The Morgan fingerprint density at radius 2 is 1.83 bits per heavy atom. The van der Waals surface area contributed by atoms with Gasteiger partial charge in [-0.25, -0.2) is 4.98 Å². The summed E-state index contributed by atoms with van der Waals surface area (Å²) in [6.45, 7) is 0.683. The molecule has 1 aromatic heterocycles. The SMILES string of the molecule is FC(F)(F)c1ccc(NNC(=S)NCCCc2ccccc2)nc1. The van der Waals surface area contributed by atoms with Gasteiger partial charge in [-0.2, -0.15) is 13.2 Å². The number of aromatic nitrogens is 1. The lowest BCUT2D eigenvalue weighted by atomic mass is 10.1. The van der Waals surface area contributed by atoms with Crippen molar-refractivity contribution < 1.29 is 13.2 Å². The van der Waals surface area contributed by atoms with Gasteiger partial charge in [0.05, 0.1) is 5.56 Å². The molecule has 0 atom stereocenters. The maximum Gasteiger partial charge on any atom is 0.417 e. The highest BCUT2D eigenvalue weighted by molar-refractivity contribution is 7.80. The Balaban J connectivity index is 1.66. The van der Waals surface area contributed by atoms with Crippen LogP contribution in [0.15, 0.2) is 48.7 Å². The topological polar surface area (TPSA) is 49.0 Å². The molecular formula is C16H17F3N4S. The van der Waals surface area contributed by atoms with Gasteiger partial charge >= 0.3 is 6.18 Å². The Kier molecular flexibility index (Phi) is 6.36. The van der Waals surface area contributed by atoms with Crippen molar-refractivity contribution >= 4 is 23.1 Å². The normalized spacial score (nSPS) is 11.0. The first-order chi connectivity index (χ1) is 11.4. The van der Waals surface area contributed by atoms with Crippen LogP contribution in [0.25, 0.3) is 0 Å². The summed E-state index contributed by atoms with van der Waals surface area (Å²) in [6.07, 6.45) is -1.79. The number of aryl methyl sites for hydroxylation is 1. The second-order valence-electron chi connectivity index (χ2n) is 5.02. The van der Waals surface area contributed by atoms with Crippen LogP contribution < -0.4 is 16.2 Å². The molecule has 0 unspecified atom stereocenters. The lowest BCUT2D eigenvalue weighted by Gasteiger charge is -2.12. The predicted molar refractivity (Wildman–Crippen MR) is 91.4 cm³/mol. The number of hydrogen-bond donors (Lipinski definition) is 3. The largest absolute Gasteiger partial charge is 0.417 e. The molecule has 4 nitrogen and oxygen atoms in total. The number of nitrogens with one attached hydrogen (secondary N) is 3. The second-order valence-corrected chi connectivity index (χ2v) is 5.43. The van der Waals surface area contributed by atoms with Crippen molar-refractivity contribution in [1.29, 1.82) is 0 Å². The van der Waals surface area contributed by atoms with E-state index in [1.807, 2.05) is 18.2 Å². The third-order valence-electron chi connectivity index (χ3n) is 3.17. The van der Waals surface area contributed by atoms with Crippen LogP contribution in [0, 0.1) is 0 Å². The molecule has 24 heavy (non-hydrogen) atoms. The molecule has 0 saturated carbocycles. The maximum atomic E-state index is 12.4. The van der Waals surface area contributed by atoms with Gasteiger partial charge in [0, 0.05) is 12.7 Å². The number of anilines is 1. The number of hydrazine groups is 1. The first-order valence-corrected chi connectivity index (χ1v) is 7.73. The van der Waals surface area contributed by atoms with Gasteiger partial charge < -0.3 is 5.32 Å². The van der Waals surface area contributed by atoms with Gasteiger partial charge in [0.1, 0.15) is 5.82 Å². The molecule has 0 spiro atoms. The lowest BCUT2D eigenvalue weighted by molar-refractivity contribution is -0.137. The molecule has 0 aliphatic rings. The quantitative estimate of drug-likeness (QED) is 0.421. The van der Waals surface area contributed by atoms with Crippen LogP contribution >= 0.6 is 12.2 Å². The molecule has 0 fully saturated rings. The molecule has 8 heteroatoms. The van der Waals surface area contributed by atoms with Gasteiger partial charge in [-0.15, -0.1) is 0 Å². The van der Waals surface area contributed by atoms with Crippen LogP contribution in [0.5, 0.6) is 0 Å². The van der Waals surface area contributed by atoms with E-state index in [9.17, 15) is 13.2 Å². The zero-order valence-electron chi connectivity index (χ0n) is 12.7. The van der Waals surface area contributed by atoms with Crippen LogP contribution in [-0.4, -0.2) is 16.6 Å². The van der Waals surface area contributed by atoms with Crippen molar-refractivity contribution in [2.75, 3.05) is 12.0 Å². The van der Waals surface area contributed by atoms with Crippen LogP contribution in [0.3, 0.4) is 0 Å². The summed E-state index contributed by atoms with van der Waals surface area (Å²) in [5.74, 6) is 0.247. The summed E-state index contributed by atoms with van der Waals surface area (Å²) in [6, 6.07) is 12.3. The zero-order valence-corrected chi connectivity index (χ0v) is 13.5. The van der Waals surface area contributed by atoms with Gasteiger partial charge in [0.15, 0.2) is 5.11 Å². The van der Waals surface area contributed by atoms with E-state index in [2.05, 4.69) is 33.3 Å². The van der Waals surface area contributed by atoms with Crippen molar-refractivity contribution in [3.8, 4) is 0 Å². The molecule has 0 saturated heterocycles. The summed E-state index contributed by atoms with van der Waals surface area (Å²) in [4.78, 5) is 3.67. The zero-order chi connectivity index (χ0) is 17.4. The van der Waals surface area contributed by atoms with E-state index in [0.717, 1.165) is 25.1 Å². The van der Waals surface area contributed by atoms with Gasteiger partial charge in [0.2, 0.25) is 0 Å². The van der Waals surface area contributed by atoms with Crippen molar-refractivity contribution in [3.05, 3.63) is 59.8 Å². The lowest BCUT2D eigenvalue weighted by Crippen LogP contribution is -2.39. The van der Waals surface area contributed by atoms with Gasteiger partial charge in [-0.1, -0.05) is 30.3 Å². The van der Waals surface area contributed by atoms with Gasteiger partial charge in [-0.05, 0) is 42.8 Å². The van der Waals surface area contributed by atoms with E-state index in [1.165, 1.54) is 11.6 Å². The average Bonchev–Trinajstić information content (AvgIpc) is 2.57. The molecule has 1 heterocycles. The molecule has 128 valence electrons. The van der Waals surface area contributed by atoms with Crippen molar-refractivity contribution in [1.82, 2.24) is 15.7 Å². The minimum atomic E-state index is -4.39. The number of pyridine rings is 1. The summed E-state index contributed by atoms with van der Waals surface area (Å²) >= 11 is 5.08. The first kappa shape index (κ1) is 18.0. The number of thiocarbonyl (C=S) groups is 1. The van der Waals surface area contributed by atoms with Crippen molar-refractivity contribution in [2.24, 2.45) is 0 Å². The molecule has 0 radical (unpaired) electrons. The van der Waals surface area contributed by atoms with E-state index in [-0.39, 0.29) is 5.82 Å². The van der Waals surface area contributed by atoms with Gasteiger partial charge in [0.25, 0.3) is 0 Å². The van der Waals surface area contributed by atoms with Crippen LogP contribution in [0.1, 0.15) is 17.5 Å². The van der Waals surface area contributed by atoms with Crippen LogP contribution in [0.4, 0.5) is 19.0 Å². The fourth-order valence-corrected chi connectivity index (χ4v) is 2.09. The highest BCUT2D eigenvalue weighted by Gasteiger charge is 2.30. The molecule has 3 N–H and O–H groups in total. The molecule has 2 rings (SSSR count). The maximum absolute atomic E-state index is 12.4. The summed E-state index contributed by atoms with van der Waals surface area (Å²) in [7, 11) is 0. The minimum Gasteiger partial charge on any atom is -0.361 e. The Morgan fingerprint density at radius 3 is 2.46 bits per heavy atom. The number of benzene rings is 1. The standard InChI is InChI=1S/C16H17F3N4S/c17-16(18,19)13-8-9-14(21-11-13)22-23-15(24)20-10-4-7-12-5-2-1-3-6-12/h1-3,5-6,8-9,11H,4,7,10H2,(H,21,22)(H2,20,23,24). The number of alkyl halides is 3. The third kappa shape index (κ3) is 6.04. The molecular weight excluding hydrogens is 337 g/mol. The molecule has 0 bridgehead atoms. The summed E-state index contributed by atoms with van der Waals surface area (Å²) in [5, 5.41) is 3.36. The number of halogens is 3. The highest BCUT2D eigenvalue weighted by Crippen LogP contribution is 2.28. The fourth-order valence-electron chi connectivity index (χ4n) is 1.94. The molecule has 1 aromatic carbocycles. The number of rotatable bonds is 6. The smallest absolute Gasteiger partial charge is 0.361 e. The number of nitrogens with zero attached hydrogens (tertiary/aromatic N) is 1. The van der Waals surface area contributed by atoms with E-state index < -0.39 is 11.7 Å². The second kappa shape index (κ2) is 8.49. The van der Waals surface area contributed by atoms with Crippen molar-refractivity contribution in [3.63, 3.8) is 0 Å². The predicted octanol–water partition coefficient (Wildman–Crippen LogP) is 3.52. The number of hydrogen-bond acceptors (Lipinski definition) is 3. The minimum absolute atomic E-state index is 0.247. The average molecular weight is 354 g/mol. The Bertz CT molecular complexity index is 645. The highest BCUT2D eigenvalue weighted by atomic mass is 32.1. The third-order valence-corrected chi connectivity index (χ3v) is 3.41. The molecule has 0 aliphatic heterocycles. The van der Waals surface area contributed by atoms with E-state index in [0.29, 0.717) is 11.7 Å². The fraction of sp³-hybridized carbons (Fsp3) is 0.250. The molecule has 0 aliphatic carbocycles. The first-order valence-electron chi connectivity index (χ1n) is 7.32. The Labute approximate surface area is 143 Å². The van der Waals surface area contributed by atoms with Crippen LogP contribution in [-0.2, 0) is 12.6 Å². The monoisotopic (exact) mass is 354 g/mol. The molecule has 2 aromatic rings. The molecule has 0 amide bonds. The van der Waals surface area contributed by atoms with E-state index in [1.54, 1.807) is 0 Å². The van der Waals surface area contributed by atoms with E-state index in [4.69, 9.17) is 12.2 Å². The summed E-state index contributed by atoms with van der Waals surface area (Å²) in [5.41, 5.74) is 5.79. The van der Waals surface area contributed by atoms with E-state index >= 15 is 0 Å². The Hall–Kier alpha value is -2.35. The Morgan fingerprint density at radius 1 is 1.08 bits per heavy atom. The van der Waals surface area contributed by atoms with Crippen LogP contribution in [0.2, 0.25) is 0 Å². The van der Waals surface area contributed by atoms with Gasteiger partial charge in [-0.3, -0.25) is 10.9 Å². The summed E-state index contributed by atoms with van der Waals surface area (Å²) < 4.78 is 37.3. The van der Waals surface area contributed by atoms with Crippen molar-refractivity contribution in [2.45, 2.75) is 19.0 Å².